The summed E-state index contributed by atoms with van der Waals surface area (Å²) in [5.74, 6) is 1.72. The van der Waals surface area contributed by atoms with Crippen LogP contribution in [0.5, 0.6) is 0 Å². The molecule has 0 saturated carbocycles. The van der Waals surface area contributed by atoms with Crippen LogP contribution in [-0.4, -0.2) is 76.7 Å². The van der Waals surface area contributed by atoms with Crippen molar-refractivity contribution in [2.45, 2.75) is 19.0 Å². The quantitative estimate of drug-likeness (QED) is 0.761. The van der Waals surface area contributed by atoms with Crippen molar-refractivity contribution in [3.05, 3.63) is 24.7 Å². The van der Waals surface area contributed by atoms with Crippen LogP contribution in [0, 0.1) is 0 Å². The van der Waals surface area contributed by atoms with Gasteiger partial charge in [0, 0.05) is 59.2 Å². The molecule has 1 unspecified atom stereocenters. The van der Waals surface area contributed by atoms with Crippen LogP contribution in [0.1, 0.15) is 6.42 Å². The van der Waals surface area contributed by atoms with Gasteiger partial charge >= 0.3 is 0 Å². The van der Waals surface area contributed by atoms with E-state index in [0.717, 1.165) is 44.4 Å². The zero-order valence-corrected chi connectivity index (χ0v) is 14.0. The maximum Gasteiger partial charge on any atom is 0.227 e. The van der Waals surface area contributed by atoms with E-state index in [9.17, 15) is 0 Å². The lowest BCUT2D eigenvalue weighted by molar-refractivity contribution is 0.309. The average molecular weight is 316 g/mol. The first-order valence-corrected chi connectivity index (χ1v) is 7.93. The van der Waals surface area contributed by atoms with E-state index < -0.39 is 0 Å². The van der Waals surface area contributed by atoms with Crippen LogP contribution in [0.25, 0.3) is 0 Å². The van der Waals surface area contributed by atoms with Gasteiger partial charge in [-0.3, -0.25) is 9.58 Å². The Hall–Kier alpha value is -2.22. The van der Waals surface area contributed by atoms with E-state index in [-0.39, 0.29) is 0 Å². The first-order valence-electron chi connectivity index (χ1n) is 7.93. The standard InChI is InChI=1S/C15H24N8/c1-20(2)14-4-6-16-15(18-14)21(3)13-5-8-22(12-13)10-11-23-9-7-17-19-23/h4,6-7,9,13H,5,8,10-12H2,1-3H3. The smallest absolute Gasteiger partial charge is 0.227 e. The molecule has 2 aromatic heterocycles. The summed E-state index contributed by atoms with van der Waals surface area (Å²) >= 11 is 0. The minimum absolute atomic E-state index is 0.447. The van der Waals surface area contributed by atoms with Gasteiger partial charge in [0.15, 0.2) is 0 Å². The maximum absolute atomic E-state index is 4.63. The van der Waals surface area contributed by atoms with Crippen molar-refractivity contribution in [1.29, 1.82) is 0 Å². The fourth-order valence-corrected chi connectivity index (χ4v) is 2.85. The van der Waals surface area contributed by atoms with Crippen LogP contribution in [0.4, 0.5) is 11.8 Å². The van der Waals surface area contributed by atoms with Gasteiger partial charge in [0.05, 0.1) is 12.7 Å². The van der Waals surface area contributed by atoms with Gasteiger partial charge in [0.1, 0.15) is 5.82 Å². The predicted octanol–water partition coefficient (Wildman–Crippen LogP) is 0.345. The molecule has 1 fully saturated rings. The molecule has 124 valence electrons. The molecular formula is C15H24N8. The Labute approximate surface area is 136 Å². The molecule has 1 atom stereocenters. The topological polar surface area (TPSA) is 66.2 Å². The van der Waals surface area contributed by atoms with Crippen LogP contribution >= 0.6 is 0 Å². The van der Waals surface area contributed by atoms with Gasteiger partial charge in [-0.1, -0.05) is 5.21 Å². The van der Waals surface area contributed by atoms with Crippen molar-refractivity contribution in [2.24, 2.45) is 0 Å². The molecule has 1 aliphatic rings. The van der Waals surface area contributed by atoms with E-state index in [1.807, 2.05) is 42.1 Å². The van der Waals surface area contributed by atoms with Crippen LogP contribution in [0.15, 0.2) is 24.7 Å². The molecular weight excluding hydrogens is 292 g/mol. The fraction of sp³-hybridized carbons (Fsp3) is 0.600. The minimum atomic E-state index is 0.447. The van der Waals surface area contributed by atoms with Crippen LogP contribution < -0.4 is 9.80 Å². The van der Waals surface area contributed by atoms with E-state index in [2.05, 4.69) is 37.1 Å². The van der Waals surface area contributed by atoms with Crippen LogP contribution in [0.2, 0.25) is 0 Å². The monoisotopic (exact) mass is 316 g/mol. The number of anilines is 2. The molecule has 8 heteroatoms. The second kappa shape index (κ2) is 6.91. The summed E-state index contributed by atoms with van der Waals surface area (Å²) in [6, 6.07) is 2.37. The van der Waals surface area contributed by atoms with Crippen molar-refractivity contribution in [3.8, 4) is 0 Å². The normalized spacial score (nSPS) is 18.3. The highest BCUT2D eigenvalue weighted by Crippen LogP contribution is 2.20. The van der Waals surface area contributed by atoms with E-state index in [0.29, 0.717) is 6.04 Å². The third kappa shape index (κ3) is 3.76. The Kier molecular flexibility index (Phi) is 4.71. The van der Waals surface area contributed by atoms with Gasteiger partial charge in [-0.25, -0.2) is 4.98 Å². The first kappa shape index (κ1) is 15.7. The molecule has 2 aromatic rings. The molecule has 0 spiro atoms. The number of hydrogen-bond acceptors (Lipinski definition) is 7. The Morgan fingerprint density at radius 2 is 2.09 bits per heavy atom. The molecule has 0 radical (unpaired) electrons. The zero-order valence-electron chi connectivity index (χ0n) is 14.0. The molecule has 0 bridgehead atoms. The highest BCUT2D eigenvalue weighted by Gasteiger charge is 2.27. The van der Waals surface area contributed by atoms with E-state index in [1.165, 1.54) is 0 Å². The highest BCUT2D eigenvalue weighted by molar-refractivity contribution is 5.42. The van der Waals surface area contributed by atoms with Crippen LogP contribution in [-0.2, 0) is 6.54 Å². The lowest BCUT2D eigenvalue weighted by atomic mass is 10.2. The number of nitrogens with zero attached hydrogens (tertiary/aromatic N) is 8. The summed E-state index contributed by atoms with van der Waals surface area (Å²) in [6.45, 7) is 3.99. The molecule has 1 saturated heterocycles. The van der Waals surface area contributed by atoms with Crippen molar-refractivity contribution in [3.63, 3.8) is 0 Å². The number of likely N-dealkylation sites (N-methyl/N-ethyl adjacent to an activating group) is 1. The summed E-state index contributed by atoms with van der Waals surface area (Å²) in [5, 5.41) is 7.85. The molecule has 8 nitrogen and oxygen atoms in total. The Bertz CT molecular complexity index is 612. The van der Waals surface area contributed by atoms with Gasteiger partial charge in [-0.15, -0.1) is 5.10 Å². The molecule has 1 aliphatic heterocycles. The lowest BCUT2D eigenvalue weighted by Crippen LogP contribution is -2.36. The average Bonchev–Trinajstić information content (AvgIpc) is 3.24. The van der Waals surface area contributed by atoms with E-state index >= 15 is 0 Å². The molecule has 0 amide bonds. The van der Waals surface area contributed by atoms with Gasteiger partial charge in [0.25, 0.3) is 0 Å². The molecule has 3 rings (SSSR count). The third-order valence-corrected chi connectivity index (χ3v) is 4.31. The largest absolute Gasteiger partial charge is 0.363 e. The summed E-state index contributed by atoms with van der Waals surface area (Å²) in [6.07, 6.45) is 6.57. The van der Waals surface area contributed by atoms with Crippen LogP contribution in [0.3, 0.4) is 0 Å². The summed E-state index contributed by atoms with van der Waals surface area (Å²) in [5.41, 5.74) is 0. The lowest BCUT2D eigenvalue weighted by Gasteiger charge is -2.25. The molecule has 0 aliphatic carbocycles. The molecule has 0 aromatic carbocycles. The second-order valence-corrected chi connectivity index (χ2v) is 6.13. The van der Waals surface area contributed by atoms with Crippen molar-refractivity contribution in [1.82, 2.24) is 29.9 Å². The van der Waals surface area contributed by atoms with Gasteiger partial charge in [0.2, 0.25) is 5.95 Å². The first-order chi connectivity index (χ1) is 11.1. The number of aromatic nitrogens is 5. The van der Waals surface area contributed by atoms with E-state index in [1.54, 1.807) is 6.20 Å². The van der Waals surface area contributed by atoms with Crippen molar-refractivity contribution in [2.75, 3.05) is 50.6 Å². The SMILES string of the molecule is CN(C)c1ccnc(N(C)C2CCN(CCn3ccnn3)C2)n1. The van der Waals surface area contributed by atoms with Gasteiger partial charge < -0.3 is 9.80 Å². The Morgan fingerprint density at radius 1 is 1.22 bits per heavy atom. The van der Waals surface area contributed by atoms with E-state index in [4.69, 9.17) is 0 Å². The third-order valence-electron chi connectivity index (χ3n) is 4.31. The van der Waals surface area contributed by atoms with Crippen molar-refractivity contribution >= 4 is 11.8 Å². The molecule has 23 heavy (non-hydrogen) atoms. The Balaban J connectivity index is 1.56. The summed E-state index contributed by atoms with van der Waals surface area (Å²) in [7, 11) is 6.07. The fourth-order valence-electron chi connectivity index (χ4n) is 2.85. The van der Waals surface area contributed by atoms with Crippen molar-refractivity contribution < 1.29 is 0 Å². The minimum Gasteiger partial charge on any atom is -0.363 e. The zero-order chi connectivity index (χ0) is 16.2. The van der Waals surface area contributed by atoms with Gasteiger partial charge in [-0.2, -0.15) is 4.98 Å². The summed E-state index contributed by atoms with van der Waals surface area (Å²) < 4.78 is 1.88. The number of likely N-dealkylation sites (tertiary alicyclic amines) is 1. The highest BCUT2D eigenvalue weighted by atomic mass is 15.4. The number of hydrogen-bond donors (Lipinski definition) is 0. The molecule has 0 N–H and O–H groups in total. The second-order valence-electron chi connectivity index (χ2n) is 6.13. The summed E-state index contributed by atoms with van der Waals surface area (Å²) in [4.78, 5) is 15.7. The predicted molar refractivity (Wildman–Crippen MR) is 89.6 cm³/mol. The molecule has 3 heterocycles. The Morgan fingerprint density at radius 3 is 2.83 bits per heavy atom. The van der Waals surface area contributed by atoms with Gasteiger partial charge in [-0.05, 0) is 12.5 Å². The number of rotatable bonds is 6. The maximum atomic E-state index is 4.63.